The first-order chi connectivity index (χ1) is 12.0. The maximum atomic E-state index is 11.5. The molecule has 0 aliphatic heterocycles. The SMILES string of the molecule is COC(=O)c1cc(C)c2c(c1)C(NC=O)CC2.Cc1ccccc1Cl. The molecule has 1 aliphatic rings. The second kappa shape index (κ2) is 8.67. The summed E-state index contributed by atoms with van der Waals surface area (Å²) in [7, 11) is 1.37. The maximum Gasteiger partial charge on any atom is 0.337 e. The number of fused-ring (bicyclic) bond motifs is 1. The molecule has 3 rings (SSSR count). The van der Waals surface area contributed by atoms with Gasteiger partial charge in [0.15, 0.2) is 0 Å². The molecule has 0 saturated carbocycles. The molecule has 0 radical (unpaired) electrons. The van der Waals surface area contributed by atoms with Gasteiger partial charge in [-0.25, -0.2) is 4.79 Å². The van der Waals surface area contributed by atoms with Crippen LogP contribution in [0.15, 0.2) is 36.4 Å². The molecule has 0 heterocycles. The fourth-order valence-electron chi connectivity index (χ4n) is 2.98. The van der Waals surface area contributed by atoms with Crippen molar-refractivity contribution in [3.63, 3.8) is 0 Å². The topological polar surface area (TPSA) is 55.4 Å². The smallest absolute Gasteiger partial charge is 0.337 e. The zero-order valence-corrected chi connectivity index (χ0v) is 15.4. The number of methoxy groups -OCH3 is 1. The van der Waals surface area contributed by atoms with Crippen molar-refractivity contribution in [1.29, 1.82) is 0 Å². The van der Waals surface area contributed by atoms with Crippen LogP contribution >= 0.6 is 11.6 Å². The number of esters is 1. The summed E-state index contributed by atoms with van der Waals surface area (Å²) < 4.78 is 4.72. The number of halogens is 1. The number of aryl methyl sites for hydroxylation is 2. The normalized spacial score (nSPS) is 14.8. The van der Waals surface area contributed by atoms with Crippen LogP contribution in [-0.4, -0.2) is 19.5 Å². The summed E-state index contributed by atoms with van der Waals surface area (Å²) in [4.78, 5) is 22.0. The van der Waals surface area contributed by atoms with E-state index in [-0.39, 0.29) is 12.0 Å². The third kappa shape index (κ3) is 4.60. The zero-order chi connectivity index (χ0) is 18.4. The van der Waals surface area contributed by atoms with E-state index in [0.29, 0.717) is 12.0 Å². The predicted molar refractivity (Wildman–Crippen MR) is 99.0 cm³/mol. The second-order valence-electron chi connectivity index (χ2n) is 5.98. The second-order valence-corrected chi connectivity index (χ2v) is 6.38. The van der Waals surface area contributed by atoms with E-state index in [4.69, 9.17) is 16.3 Å². The minimum atomic E-state index is -0.340. The van der Waals surface area contributed by atoms with Crippen molar-refractivity contribution in [3.05, 3.63) is 69.2 Å². The number of carbonyl (C=O) groups excluding carboxylic acids is 2. The molecular weight excluding hydrogens is 338 g/mol. The Morgan fingerprint density at radius 3 is 2.52 bits per heavy atom. The molecule has 2 aromatic rings. The summed E-state index contributed by atoms with van der Waals surface area (Å²) in [5.41, 5.74) is 5.03. The van der Waals surface area contributed by atoms with E-state index in [1.54, 1.807) is 0 Å². The van der Waals surface area contributed by atoms with E-state index in [1.165, 1.54) is 12.7 Å². The van der Waals surface area contributed by atoms with Gasteiger partial charge in [0, 0.05) is 5.02 Å². The first-order valence-electron chi connectivity index (χ1n) is 8.10. The third-order valence-corrected chi connectivity index (χ3v) is 4.76. The molecule has 2 aromatic carbocycles. The van der Waals surface area contributed by atoms with Gasteiger partial charge < -0.3 is 10.1 Å². The lowest BCUT2D eigenvalue weighted by Gasteiger charge is -2.12. The highest BCUT2D eigenvalue weighted by Gasteiger charge is 2.25. The summed E-state index contributed by atoms with van der Waals surface area (Å²) in [5.74, 6) is -0.340. The molecule has 1 amide bonds. The molecule has 1 aliphatic carbocycles. The largest absolute Gasteiger partial charge is 0.465 e. The quantitative estimate of drug-likeness (QED) is 0.661. The number of nitrogens with one attached hydrogen (secondary N) is 1. The van der Waals surface area contributed by atoms with Gasteiger partial charge in [0.2, 0.25) is 6.41 Å². The minimum absolute atomic E-state index is 0.0193. The summed E-state index contributed by atoms with van der Waals surface area (Å²) in [6.07, 6.45) is 2.54. The van der Waals surface area contributed by atoms with E-state index < -0.39 is 0 Å². The Balaban J connectivity index is 0.000000236. The molecule has 0 fully saturated rings. The van der Waals surface area contributed by atoms with Crippen LogP contribution in [0.1, 0.15) is 45.1 Å². The Morgan fingerprint density at radius 2 is 1.96 bits per heavy atom. The highest BCUT2D eigenvalue weighted by atomic mass is 35.5. The molecule has 132 valence electrons. The van der Waals surface area contributed by atoms with Crippen molar-refractivity contribution in [2.75, 3.05) is 7.11 Å². The monoisotopic (exact) mass is 359 g/mol. The predicted octanol–water partition coefficient (Wildman–Crippen LogP) is 4.16. The number of carbonyl (C=O) groups is 2. The number of rotatable bonds is 3. The van der Waals surface area contributed by atoms with Crippen LogP contribution in [0.3, 0.4) is 0 Å². The van der Waals surface area contributed by atoms with Crippen LogP contribution in [-0.2, 0) is 16.0 Å². The van der Waals surface area contributed by atoms with Crippen molar-refractivity contribution < 1.29 is 14.3 Å². The maximum absolute atomic E-state index is 11.5. The van der Waals surface area contributed by atoms with E-state index in [1.807, 2.05) is 50.2 Å². The average Bonchev–Trinajstić information content (AvgIpc) is 3.01. The summed E-state index contributed by atoms with van der Waals surface area (Å²) >= 11 is 5.71. The fourth-order valence-corrected chi connectivity index (χ4v) is 3.12. The first kappa shape index (κ1) is 19.0. The Labute approximate surface area is 153 Å². The molecule has 5 heteroatoms. The van der Waals surface area contributed by atoms with Gasteiger partial charge >= 0.3 is 5.97 Å². The van der Waals surface area contributed by atoms with E-state index in [2.05, 4.69) is 5.32 Å². The van der Waals surface area contributed by atoms with Gasteiger partial charge in [-0.1, -0.05) is 29.8 Å². The van der Waals surface area contributed by atoms with Crippen LogP contribution in [0.4, 0.5) is 0 Å². The lowest BCUT2D eigenvalue weighted by Crippen LogP contribution is -2.17. The molecule has 0 bridgehead atoms. The summed E-state index contributed by atoms with van der Waals surface area (Å²) in [5, 5.41) is 3.62. The Hall–Kier alpha value is -2.33. The van der Waals surface area contributed by atoms with E-state index >= 15 is 0 Å². The van der Waals surface area contributed by atoms with Crippen molar-refractivity contribution >= 4 is 24.0 Å². The number of benzene rings is 2. The minimum Gasteiger partial charge on any atom is -0.465 e. The van der Waals surface area contributed by atoms with Crippen LogP contribution in [0.25, 0.3) is 0 Å². The zero-order valence-electron chi connectivity index (χ0n) is 14.6. The molecule has 0 spiro atoms. The van der Waals surface area contributed by atoms with Gasteiger partial charge in [0.25, 0.3) is 0 Å². The number of hydrogen-bond donors (Lipinski definition) is 1. The summed E-state index contributed by atoms with van der Waals surface area (Å²) in [6.45, 7) is 3.97. The highest BCUT2D eigenvalue weighted by Crippen LogP contribution is 2.34. The van der Waals surface area contributed by atoms with Gasteiger partial charge in [-0.15, -0.1) is 0 Å². The lowest BCUT2D eigenvalue weighted by atomic mass is 9.99. The van der Waals surface area contributed by atoms with Gasteiger partial charge in [0.1, 0.15) is 0 Å². The molecule has 25 heavy (non-hydrogen) atoms. The van der Waals surface area contributed by atoms with Crippen molar-refractivity contribution in [2.45, 2.75) is 32.7 Å². The number of amides is 1. The average molecular weight is 360 g/mol. The van der Waals surface area contributed by atoms with Gasteiger partial charge in [0.05, 0.1) is 18.7 Å². The third-order valence-electron chi connectivity index (χ3n) is 4.33. The number of hydrogen-bond acceptors (Lipinski definition) is 3. The molecule has 1 unspecified atom stereocenters. The van der Waals surface area contributed by atoms with E-state index in [9.17, 15) is 9.59 Å². The van der Waals surface area contributed by atoms with Gasteiger partial charge in [-0.3, -0.25) is 4.79 Å². The molecule has 1 N–H and O–H groups in total. The molecule has 0 aromatic heterocycles. The first-order valence-corrected chi connectivity index (χ1v) is 8.48. The molecule has 4 nitrogen and oxygen atoms in total. The Kier molecular flexibility index (Phi) is 6.59. The Morgan fingerprint density at radius 1 is 1.24 bits per heavy atom. The van der Waals surface area contributed by atoms with Crippen LogP contribution in [0.2, 0.25) is 5.02 Å². The van der Waals surface area contributed by atoms with Gasteiger partial charge in [-0.2, -0.15) is 0 Å². The fraction of sp³-hybridized carbons (Fsp3) is 0.300. The van der Waals surface area contributed by atoms with Crippen LogP contribution < -0.4 is 5.32 Å². The molecule has 0 saturated heterocycles. The van der Waals surface area contributed by atoms with Crippen molar-refractivity contribution in [2.24, 2.45) is 0 Å². The highest BCUT2D eigenvalue weighted by molar-refractivity contribution is 6.31. The number of ether oxygens (including phenoxy) is 1. The lowest BCUT2D eigenvalue weighted by molar-refractivity contribution is -0.110. The summed E-state index contributed by atoms with van der Waals surface area (Å²) in [6, 6.07) is 11.5. The van der Waals surface area contributed by atoms with Crippen LogP contribution in [0, 0.1) is 13.8 Å². The van der Waals surface area contributed by atoms with Crippen LogP contribution in [0.5, 0.6) is 0 Å². The van der Waals surface area contributed by atoms with Crippen molar-refractivity contribution in [1.82, 2.24) is 5.32 Å². The Bertz CT molecular complexity index is 753. The van der Waals surface area contributed by atoms with Gasteiger partial charge in [-0.05, 0) is 67.1 Å². The molecular formula is C20H22ClNO3. The molecule has 1 atom stereocenters. The van der Waals surface area contributed by atoms with Crippen molar-refractivity contribution in [3.8, 4) is 0 Å². The standard InChI is InChI=1S/C13H15NO3.C7H7Cl/c1-8-5-9(13(16)17-2)6-11-10(8)3-4-12(11)14-7-15;1-6-4-2-3-5-7(6)8/h5-7,12H,3-4H2,1-2H3,(H,14,15);2-5H,1H3. The van der Waals surface area contributed by atoms with E-state index in [0.717, 1.165) is 34.6 Å².